The van der Waals surface area contributed by atoms with Gasteiger partial charge in [-0.05, 0) is 56.2 Å². The molecule has 164 valence electrons. The number of rotatable bonds is 7. The van der Waals surface area contributed by atoms with Crippen LogP contribution in [-0.2, 0) is 9.59 Å². The second-order valence-electron chi connectivity index (χ2n) is 7.84. The average Bonchev–Trinajstić information content (AvgIpc) is 2.75. The third-order valence-electron chi connectivity index (χ3n) is 5.46. The number of piperazine rings is 1. The Kier molecular flexibility index (Phi) is 7.41. The van der Waals surface area contributed by atoms with E-state index in [1.807, 2.05) is 36.9 Å². The minimum Gasteiger partial charge on any atom is -0.484 e. The molecule has 7 nitrogen and oxygen atoms in total. The second-order valence-corrected chi connectivity index (χ2v) is 7.84. The number of nitrogens with zero attached hydrogens (tertiary/aromatic N) is 2. The fourth-order valence-corrected chi connectivity index (χ4v) is 3.57. The van der Waals surface area contributed by atoms with Crippen LogP contribution in [0.2, 0.25) is 0 Å². The summed E-state index contributed by atoms with van der Waals surface area (Å²) < 4.78 is 5.56. The Morgan fingerprint density at radius 3 is 2.13 bits per heavy atom. The maximum Gasteiger partial charge on any atom is 0.260 e. The molecule has 2 amide bonds. The SMILES string of the molecule is CC(=O)c1ccc(OCC(=O)N2CCN(CC(=O)Nc3c(C)cccc3C)CC2)cc1. The number of para-hydroxylation sites is 1. The molecule has 2 aromatic carbocycles. The van der Waals surface area contributed by atoms with Crippen LogP contribution in [0.3, 0.4) is 0 Å². The highest BCUT2D eigenvalue weighted by Crippen LogP contribution is 2.19. The summed E-state index contributed by atoms with van der Waals surface area (Å²) >= 11 is 0. The van der Waals surface area contributed by atoms with Crippen molar-refractivity contribution in [1.29, 1.82) is 0 Å². The molecule has 1 N–H and O–H groups in total. The Hall–Kier alpha value is -3.19. The molecule has 0 unspecified atom stereocenters. The van der Waals surface area contributed by atoms with Gasteiger partial charge in [0.25, 0.3) is 5.91 Å². The zero-order chi connectivity index (χ0) is 22.4. The van der Waals surface area contributed by atoms with Crippen LogP contribution < -0.4 is 10.1 Å². The molecule has 0 spiro atoms. The molecule has 0 bridgehead atoms. The number of nitrogens with one attached hydrogen (secondary N) is 1. The Labute approximate surface area is 183 Å². The molecular weight excluding hydrogens is 394 g/mol. The summed E-state index contributed by atoms with van der Waals surface area (Å²) in [5.41, 5.74) is 3.56. The summed E-state index contributed by atoms with van der Waals surface area (Å²) in [4.78, 5) is 40.0. The van der Waals surface area contributed by atoms with Crippen molar-refractivity contribution in [2.45, 2.75) is 20.8 Å². The van der Waals surface area contributed by atoms with Gasteiger partial charge < -0.3 is 15.0 Å². The summed E-state index contributed by atoms with van der Waals surface area (Å²) in [5, 5.41) is 3.01. The zero-order valence-electron chi connectivity index (χ0n) is 18.3. The van der Waals surface area contributed by atoms with E-state index in [0.29, 0.717) is 44.0 Å². The fraction of sp³-hybridized carbons (Fsp3) is 0.375. The molecule has 0 aliphatic carbocycles. The van der Waals surface area contributed by atoms with E-state index in [-0.39, 0.29) is 24.2 Å². The number of anilines is 1. The number of amides is 2. The molecule has 2 aromatic rings. The smallest absolute Gasteiger partial charge is 0.260 e. The Morgan fingerprint density at radius 1 is 0.935 bits per heavy atom. The van der Waals surface area contributed by atoms with Gasteiger partial charge in [-0.2, -0.15) is 0 Å². The summed E-state index contributed by atoms with van der Waals surface area (Å²) in [7, 11) is 0. The highest BCUT2D eigenvalue weighted by Gasteiger charge is 2.23. The van der Waals surface area contributed by atoms with E-state index < -0.39 is 0 Å². The third-order valence-corrected chi connectivity index (χ3v) is 5.46. The van der Waals surface area contributed by atoms with E-state index in [2.05, 4.69) is 5.32 Å². The first-order valence-corrected chi connectivity index (χ1v) is 10.4. The summed E-state index contributed by atoms with van der Waals surface area (Å²) in [6, 6.07) is 12.7. The average molecular weight is 424 g/mol. The lowest BCUT2D eigenvalue weighted by atomic mass is 10.1. The fourth-order valence-electron chi connectivity index (χ4n) is 3.57. The number of hydrogen-bond donors (Lipinski definition) is 1. The molecule has 1 fully saturated rings. The zero-order valence-corrected chi connectivity index (χ0v) is 18.3. The van der Waals surface area contributed by atoms with Crippen molar-refractivity contribution in [3.8, 4) is 5.75 Å². The number of carbonyl (C=O) groups excluding carboxylic acids is 3. The van der Waals surface area contributed by atoms with Crippen molar-refractivity contribution in [2.24, 2.45) is 0 Å². The standard InChI is InChI=1S/C24H29N3O4/c1-17-5-4-6-18(2)24(17)25-22(29)15-26-11-13-27(14-12-26)23(30)16-31-21-9-7-20(8-10-21)19(3)28/h4-10H,11-16H2,1-3H3,(H,25,29). The molecule has 1 aliphatic heterocycles. The van der Waals surface area contributed by atoms with E-state index >= 15 is 0 Å². The van der Waals surface area contributed by atoms with Crippen molar-refractivity contribution < 1.29 is 19.1 Å². The van der Waals surface area contributed by atoms with Gasteiger partial charge in [0.15, 0.2) is 12.4 Å². The third kappa shape index (κ3) is 6.15. The Morgan fingerprint density at radius 2 is 1.55 bits per heavy atom. The number of Topliss-reactive ketones (excluding diaryl/α,β-unsaturated/α-hetero) is 1. The lowest BCUT2D eigenvalue weighted by molar-refractivity contribution is -0.135. The molecule has 0 saturated carbocycles. The van der Waals surface area contributed by atoms with Crippen molar-refractivity contribution in [2.75, 3.05) is 44.6 Å². The van der Waals surface area contributed by atoms with Crippen LogP contribution >= 0.6 is 0 Å². The van der Waals surface area contributed by atoms with Crippen LogP contribution in [0.4, 0.5) is 5.69 Å². The summed E-state index contributed by atoms with van der Waals surface area (Å²) in [6.07, 6.45) is 0. The van der Waals surface area contributed by atoms with E-state index in [1.165, 1.54) is 6.92 Å². The predicted octanol–water partition coefficient (Wildman–Crippen LogP) is 2.67. The van der Waals surface area contributed by atoms with Crippen molar-refractivity contribution >= 4 is 23.3 Å². The number of aryl methyl sites for hydroxylation is 2. The predicted molar refractivity (Wildman–Crippen MR) is 120 cm³/mol. The molecule has 7 heteroatoms. The molecule has 1 heterocycles. The van der Waals surface area contributed by atoms with Crippen LogP contribution in [0.25, 0.3) is 0 Å². The number of hydrogen-bond acceptors (Lipinski definition) is 5. The quantitative estimate of drug-likeness (QED) is 0.693. The highest BCUT2D eigenvalue weighted by atomic mass is 16.5. The van der Waals surface area contributed by atoms with Gasteiger partial charge in [0.05, 0.1) is 6.54 Å². The van der Waals surface area contributed by atoms with Crippen LogP contribution in [0.5, 0.6) is 5.75 Å². The molecule has 0 aromatic heterocycles. The minimum atomic E-state index is -0.0877. The van der Waals surface area contributed by atoms with Gasteiger partial charge in [0, 0.05) is 37.4 Å². The summed E-state index contributed by atoms with van der Waals surface area (Å²) in [6.45, 7) is 8.11. The van der Waals surface area contributed by atoms with Crippen molar-refractivity contribution in [3.63, 3.8) is 0 Å². The first-order chi connectivity index (χ1) is 14.8. The number of benzene rings is 2. The topological polar surface area (TPSA) is 79.0 Å². The van der Waals surface area contributed by atoms with Crippen LogP contribution in [0.15, 0.2) is 42.5 Å². The molecular formula is C24H29N3O4. The normalized spacial score (nSPS) is 14.2. The van der Waals surface area contributed by atoms with Gasteiger partial charge in [-0.1, -0.05) is 18.2 Å². The highest BCUT2D eigenvalue weighted by molar-refractivity contribution is 5.94. The van der Waals surface area contributed by atoms with Gasteiger partial charge in [-0.25, -0.2) is 0 Å². The molecule has 1 saturated heterocycles. The van der Waals surface area contributed by atoms with E-state index in [1.54, 1.807) is 29.2 Å². The lowest BCUT2D eigenvalue weighted by Gasteiger charge is -2.34. The van der Waals surface area contributed by atoms with E-state index in [0.717, 1.165) is 16.8 Å². The number of ether oxygens (including phenoxy) is 1. The van der Waals surface area contributed by atoms with Gasteiger partial charge in [0.2, 0.25) is 5.91 Å². The van der Waals surface area contributed by atoms with E-state index in [9.17, 15) is 14.4 Å². The molecule has 0 radical (unpaired) electrons. The Bertz CT molecular complexity index is 928. The lowest BCUT2D eigenvalue weighted by Crippen LogP contribution is -2.51. The van der Waals surface area contributed by atoms with Gasteiger partial charge >= 0.3 is 0 Å². The van der Waals surface area contributed by atoms with Crippen LogP contribution in [0.1, 0.15) is 28.4 Å². The molecule has 3 rings (SSSR count). The maximum absolute atomic E-state index is 12.5. The van der Waals surface area contributed by atoms with E-state index in [4.69, 9.17) is 4.74 Å². The Balaban J connectivity index is 1.42. The minimum absolute atomic E-state index is 0.0109. The first-order valence-electron chi connectivity index (χ1n) is 10.4. The second kappa shape index (κ2) is 10.2. The van der Waals surface area contributed by atoms with Gasteiger partial charge in [-0.15, -0.1) is 0 Å². The number of carbonyl (C=O) groups is 3. The first kappa shape index (κ1) is 22.5. The summed E-state index contributed by atoms with van der Waals surface area (Å²) in [5.74, 6) is 0.410. The maximum atomic E-state index is 12.5. The van der Waals surface area contributed by atoms with Crippen molar-refractivity contribution in [3.05, 3.63) is 59.2 Å². The number of ketones is 1. The van der Waals surface area contributed by atoms with Crippen molar-refractivity contribution in [1.82, 2.24) is 9.80 Å². The van der Waals surface area contributed by atoms with Crippen LogP contribution in [0, 0.1) is 13.8 Å². The monoisotopic (exact) mass is 423 g/mol. The van der Waals surface area contributed by atoms with Crippen LogP contribution in [-0.4, -0.2) is 66.7 Å². The molecule has 1 aliphatic rings. The van der Waals surface area contributed by atoms with Gasteiger partial charge in [-0.3, -0.25) is 19.3 Å². The largest absolute Gasteiger partial charge is 0.484 e. The molecule has 0 atom stereocenters. The molecule has 31 heavy (non-hydrogen) atoms. The van der Waals surface area contributed by atoms with Gasteiger partial charge in [0.1, 0.15) is 5.75 Å².